The molecule has 1 atom stereocenters. The summed E-state index contributed by atoms with van der Waals surface area (Å²) in [6.45, 7) is 3.04. The highest BCUT2D eigenvalue weighted by Crippen LogP contribution is 2.28. The highest BCUT2D eigenvalue weighted by Gasteiger charge is 2.35. The maximum Gasteiger partial charge on any atom is 0.290 e. The maximum atomic E-state index is 12.8. The van der Waals surface area contributed by atoms with E-state index >= 15 is 0 Å². The number of aryl methyl sites for hydroxylation is 1. The van der Waals surface area contributed by atoms with Crippen LogP contribution in [0.1, 0.15) is 23.3 Å². The molecule has 2 aromatic heterocycles. The molecule has 0 saturated carbocycles. The number of carbonyl (C=O) groups is 2. The van der Waals surface area contributed by atoms with Crippen molar-refractivity contribution in [3.63, 3.8) is 0 Å². The Labute approximate surface area is 167 Å². The molecule has 3 aliphatic rings. The predicted octanol–water partition coefficient (Wildman–Crippen LogP) is 1.49. The monoisotopic (exact) mass is 396 g/mol. The van der Waals surface area contributed by atoms with Crippen LogP contribution in [-0.2, 0) is 11.8 Å². The molecule has 1 aromatic carbocycles. The fourth-order valence-electron chi connectivity index (χ4n) is 4.34. The lowest BCUT2D eigenvalue weighted by molar-refractivity contribution is -0.122. The molecule has 29 heavy (non-hydrogen) atoms. The number of rotatable bonds is 3. The van der Waals surface area contributed by atoms with Gasteiger partial charge in [-0.25, -0.2) is 4.98 Å². The molecule has 3 fully saturated rings. The van der Waals surface area contributed by atoms with Gasteiger partial charge in [0, 0.05) is 43.0 Å². The minimum absolute atomic E-state index is 0.0836. The standard InChI is InChI=1S/C19H22N6O.CH2O2/c1-24-9-6-20-18(24)13-2-3-14-15(10-13)22-23-17(14)19(26)21-16-11-25-7-4-12(16)5-8-25;2-1-3/h2-3,6,9-10,12,16H,4-5,7-8,11H2,1H3,(H,21,26)(H,22,23);1H,(H,2,3)/t16-;/m1./s1. The van der Waals surface area contributed by atoms with Crippen molar-refractivity contribution in [3.8, 4) is 11.4 Å². The van der Waals surface area contributed by atoms with Crippen molar-refractivity contribution in [1.82, 2.24) is 30.0 Å². The van der Waals surface area contributed by atoms with Crippen LogP contribution in [0, 0.1) is 5.92 Å². The zero-order chi connectivity index (χ0) is 20.4. The molecule has 3 saturated heterocycles. The van der Waals surface area contributed by atoms with Crippen LogP contribution >= 0.6 is 0 Å². The molecule has 152 valence electrons. The summed E-state index contributed by atoms with van der Waals surface area (Å²) in [7, 11) is 1.96. The van der Waals surface area contributed by atoms with E-state index in [0.717, 1.165) is 28.8 Å². The van der Waals surface area contributed by atoms with Crippen molar-refractivity contribution in [2.75, 3.05) is 19.6 Å². The number of hydrogen-bond donors (Lipinski definition) is 3. The van der Waals surface area contributed by atoms with Crippen LogP contribution in [0.4, 0.5) is 0 Å². The minimum Gasteiger partial charge on any atom is -0.483 e. The third-order valence-corrected chi connectivity index (χ3v) is 5.83. The number of benzene rings is 1. The zero-order valence-electron chi connectivity index (χ0n) is 16.2. The molecule has 1 amide bonds. The number of H-pyrrole nitrogens is 1. The first kappa shape index (κ1) is 19.1. The van der Waals surface area contributed by atoms with Gasteiger partial charge in [-0.15, -0.1) is 0 Å². The Bertz CT molecular complexity index is 1020. The first-order valence-electron chi connectivity index (χ1n) is 9.67. The third-order valence-electron chi connectivity index (χ3n) is 5.83. The van der Waals surface area contributed by atoms with E-state index < -0.39 is 0 Å². The van der Waals surface area contributed by atoms with Gasteiger partial charge in [0.05, 0.1) is 5.52 Å². The molecule has 6 rings (SSSR count). The Hall–Kier alpha value is -3.20. The molecule has 0 unspecified atom stereocenters. The van der Waals surface area contributed by atoms with Gasteiger partial charge in [0.1, 0.15) is 5.82 Å². The summed E-state index contributed by atoms with van der Waals surface area (Å²) in [5.74, 6) is 1.41. The van der Waals surface area contributed by atoms with E-state index in [4.69, 9.17) is 9.90 Å². The van der Waals surface area contributed by atoms with Crippen molar-refractivity contribution in [1.29, 1.82) is 0 Å². The van der Waals surface area contributed by atoms with E-state index in [1.807, 2.05) is 36.0 Å². The summed E-state index contributed by atoms with van der Waals surface area (Å²) < 4.78 is 1.97. The number of aromatic nitrogens is 4. The largest absolute Gasteiger partial charge is 0.483 e. The molecule has 0 spiro atoms. The Morgan fingerprint density at radius 2 is 2.10 bits per heavy atom. The zero-order valence-corrected chi connectivity index (χ0v) is 16.2. The van der Waals surface area contributed by atoms with Gasteiger partial charge in [0.2, 0.25) is 0 Å². The molecular formula is C20H24N6O3. The predicted molar refractivity (Wildman–Crippen MR) is 107 cm³/mol. The number of fused-ring (bicyclic) bond motifs is 4. The lowest BCUT2D eigenvalue weighted by atomic mass is 9.84. The van der Waals surface area contributed by atoms with Gasteiger partial charge in [-0.2, -0.15) is 5.10 Å². The summed E-state index contributed by atoms with van der Waals surface area (Å²) in [6.07, 6.45) is 6.05. The van der Waals surface area contributed by atoms with Crippen LogP contribution in [-0.4, -0.2) is 67.8 Å². The molecule has 9 nitrogen and oxygen atoms in total. The van der Waals surface area contributed by atoms with Crippen LogP contribution in [0.2, 0.25) is 0 Å². The lowest BCUT2D eigenvalue weighted by Gasteiger charge is -2.44. The van der Waals surface area contributed by atoms with Crippen molar-refractivity contribution in [3.05, 3.63) is 36.3 Å². The molecule has 5 heterocycles. The molecule has 2 bridgehead atoms. The van der Waals surface area contributed by atoms with Gasteiger partial charge in [-0.1, -0.05) is 6.07 Å². The van der Waals surface area contributed by atoms with Crippen molar-refractivity contribution >= 4 is 23.3 Å². The van der Waals surface area contributed by atoms with Gasteiger partial charge in [-0.05, 0) is 44.0 Å². The van der Waals surface area contributed by atoms with Crippen LogP contribution in [0.15, 0.2) is 30.6 Å². The SMILES string of the molecule is Cn1ccnc1-c1ccc2c(C(=O)N[C@@H]3CN4CCC3CC4)n[nH]c2c1.O=CO. The summed E-state index contributed by atoms with van der Waals surface area (Å²) in [5, 5.41) is 18.2. The maximum absolute atomic E-state index is 12.8. The Morgan fingerprint density at radius 1 is 1.34 bits per heavy atom. The quantitative estimate of drug-likeness (QED) is 0.578. The van der Waals surface area contributed by atoms with Crippen molar-refractivity contribution < 1.29 is 14.7 Å². The van der Waals surface area contributed by atoms with Crippen LogP contribution < -0.4 is 5.32 Å². The van der Waals surface area contributed by atoms with Crippen LogP contribution in [0.3, 0.4) is 0 Å². The van der Waals surface area contributed by atoms with Gasteiger partial charge in [0.25, 0.3) is 12.4 Å². The van der Waals surface area contributed by atoms with Gasteiger partial charge in [-0.3, -0.25) is 14.7 Å². The number of nitrogens with zero attached hydrogens (tertiary/aromatic N) is 4. The normalized spacial score (nSPS) is 22.7. The fourth-order valence-corrected chi connectivity index (χ4v) is 4.34. The second kappa shape index (κ2) is 8.04. The molecule has 0 radical (unpaired) electrons. The number of piperidine rings is 3. The number of amides is 1. The van der Waals surface area contributed by atoms with Crippen molar-refractivity contribution in [2.45, 2.75) is 18.9 Å². The number of aromatic amines is 1. The van der Waals surface area contributed by atoms with E-state index in [9.17, 15) is 4.79 Å². The third kappa shape index (κ3) is 3.73. The van der Waals surface area contributed by atoms with E-state index in [-0.39, 0.29) is 18.4 Å². The molecule has 0 aliphatic carbocycles. The average molecular weight is 396 g/mol. The summed E-state index contributed by atoms with van der Waals surface area (Å²) in [6, 6.07) is 6.18. The van der Waals surface area contributed by atoms with Gasteiger partial charge in [0.15, 0.2) is 5.69 Å². The molecule has 3 N–H and O–H groups in total. The van der Waals surface area contributed by atoms with Crippen molar-refractivity contribution in [2.24, 2.45) is 13.0 Å². The van der Waals surface area contributed by atoms with E-state index in [1.165, 1.54) is 25.9 Å². The Balaban J connectivity index is 0.000000645. The number of nitrogens with one attached hydrogen (secondary N) is 2. The Kier molecular flexibility index (Phi) is 5.30. The summed E-state index contributed by atoms with van der Waals surface area (Å²) in [4.78, 5) is 28.0. The number of carboxylic acid groups (broad SMARTS) is 1. The number of hydrogen-bond acceptors (Lipinski definition) is 5. The fraction of sp³-hybridized carbons (Fsp3) is 0.400. The van der Waals surface area contributed by atoms with E-state index in [0.29, 0.717) is 11.6 Å². The highest BCUT2D eigenvalue weighted by molar-refractivity contribution is 6.05. The number of carbonyl (C=O) groups excluding carboxylic acids is 1. The Morgan fingerprint density at radius 3 is 2.72 bits per heavy atom. The van der Waals surface area contributed by atoms with E-state index in [1.54, 1.807) is 6.20 Å². The first-order chi connectivity index (χ1) is 14.1. The molecular weight excluding hydrogens is 372 g/mol. The summed E-state index contributed by atoms with van der Waals surface area (Å²) >= 11 is 0. The van der Waals surface area contributed by atoms with Crippen LogP contribution in [0.25, 0.3) is 22.3 Å². The van der Waals surface area contributed by atoms with Crippen LogP contribution in [0.5, 0.6) is 0 Å². The molecule has 3 aromatic rings. The molecule has 9 heteroatoms. The van der Waals surface area contributed by atoms with Gasteiger partial charge >= 0.3 is 0 Å². The minimum atomic E-state index is -0.250. The van der Waals surface area contributed by atoms with Gasteiger partial charge < -0.3 is 19.9 Å². The highest BCUT2D eigenvalue weighted by atomic mass is 16.3. The lowest BCUT2D eigenvalue weighted by Crippen LogP contribution is -2.57. The second-order valence-electron chi connectivity index (χ2n) is 7.52. The average Bonchev–Trinajstić information content (AvgIpc) is 3.35. The van der Waals surface area contributed by atoms with E-state index in [2.05, 4.69) is 25.4 Å². The smallest absolute Gasteiger partial charge is 0.290 e. The second-order valence-corrected chi connectivity index (χ2v) is 7.52. The topological polar surface area (TPSA) is 116 Å². The number of imidazole rings is 1. The first-order valence-corrected chi connectivity index (χ1v) is 9.67. The molecule has 3 aliphatic heterocycles. The summed E-state index contributed by atoms with van der Waals surface area (Å²) in [5.41, 5.74) is 2.32.